The molecule has 7 heteroatoms. The number of aromatic nitrogens is 1. The minimum absolute atomic E-state index is 0.319. The van der Waals surface area contributed by atoms with Crippen LogP contribution in [0.15, 0.2) is 102 Å². The number of benzene rings is 4. The van der Waals surface area contributed by atoms with Gasteiger partial charge in [0.1, 0.15) is 6.54 Å². The van der Waals surface area contributed by atoms with E-state index in [0.717, 1.165) is 22.0 Å². The number of carboxylic acids is 1. The Labute approximate surface area is 225 Å². The molecule has 0 spiro atoms. The van der Waals surface area contributed by atoms with Crippen LogP contribution in [0.4, 0.5) is 5.13 Å². The molecule has 0 fully saturated rings. The standard InChI is InChI=1S/C31H27N3O3S/c1-33(20-29(35)36)30(37)25-13-11-23(12-14-25)19-34(18-22-7-3-2-4-8-22)31-32-28(21-38-31)27-16-15-24-9-5-6-10-26(24)17-27/h2-17,21H,18-20H2,1H3,(H,35,36). The van der Waals surface area contributed by atoms with Gasteiger partial charge in [-0.3, -0.25) is 9.59 Å². The summed E-state index contributed by atoms with van der Waals surface area (Å²) in [5.41, 5.74) is 4.69. The minimum Gasteiger partial charge on any atom is -0.480 e. The number of fused-ring (bicyclic) bond motifs is 1. The quantitative estimate of drug-likeness (QED) is 0.245. The lowest BCUT2D eigenvalue weighted by Crippen LogP contribution is -2.31. The third-order valence-corrected chi connectivity index (χ3v) is 7.22. The number of anilines is 1. The van der Waals surface area contributed by atoms with E-state index < -0.39 is 5.97 Å². The van der Waals surface area contributed by atoms with E-state index in [1.54, 1.807) is 23.5 Å². The first-order valence-corrected chi connectivity index (χ1v) is 13.1. The van der Waals surface area contributed by atoms with E-state index in [1.807, 2.05) is 42.5 Å². The SMILES string of the molecule is CN(CC(=O)O)C(=O)c1ccc(CN(Cc2ccccc2)c2nc(-c3ccc4ccccc4c3)cs2)cc1. The second-order valence-electron chi connectivity index (χ2n) is 9.17. The van der Waals surface area contributed by atoms with Gasteiger partial charge in [-0.05, 0) is 40.1 Å². The van der Waals surface area contributed by atoms with Crippen molar-refractivity contribution in [3.8, 4) is 11.3 Å². The fraction of sp³-hybridized carbons (Fsp3) is 0.129. The van der Waals surface area contributed by atoms with Crippen molar-refractivity contribution in [1.29, 1.82) is 0 Å². The molecule has 38 heavy (non-hydrogen) atoms. The van der Waals surface area contributed by atoms with Gasteiger partial charge >= 0.3 is 5.97 Å². The molecule has 0 saturated heterocycles. The summed E-state index contributed by atoms with van der Waals surface area (Å²) < 4.78 is 0. The molecular formula is C31H27N3O3S. The molecule has 0 saturated carbocycles. The Hall–Kier alpha value is -4.49. The maximum Gasteiger partial charge on any atom is 0.323 e. The summed E-state index contributed by atoms with van der Waals surface area (Å²) in [7, 11) is 1.49. The maximum atomic E-state index is 12.5. The number of rotatable bonds is 9. The minimum atomic E-state index is -1.04. The van der Waals surface area contributed by atoms with Crippen LogP contribution in [0, 0.1) is 0 Å². The average Bonchev–Trinajstić information content (AvgIpc) is 3.43. The number of hydrogen-bond donors (Lipinski definition) is 1. The Morgan fingerprint density at radius 1 is 0.816 bits per heavy atom. The van der Waals surface area contributed by atoms with Crippen LogP contribution in [0.1, 0.15) is 21.5 Å². The summed E-state index contributed by atoms with van der Waals surface area (Å²) >= 11 is 1.61. The highest BCUT2D eigenvalue weighted by Gasteiger charge is 2.17. The molecule has 5 aromatic rings. The predicted molar refractivity (Wildman–Crippen MR) is 152 cm³/mol. The largest absolute Gasteiger partial charge is 0.480 e. The third-order valence-electron chi connectivity index (χ3n) is 6.32. The molecule has 190 valence electrons. The molecule has 1 amide bonds. The van der Waals surface area contributed by atoms with Crippen LogP contribution in [-0.4, -0.2) is 40.5 Å². The molecule has 6 nitrogen and oxygen atoms in total. The van der Waals surface area contributed by atoms with Crippen LogP contribution in [-0.2, 0) is 17.9 Å². The smallest absolute Gasteiger partial charge is 0.323 e. The van der Waals surface area contributed by atoms with Crippen molar-refractivity contribution in [2.45, 2.75) is 13.1 Å². The van der Waals surface area contributed by atoms with E-state index in [1.165, 1.54) is 28.3 Å². The molecule has 0 radical (unpaired) electrons. The summed E-state index contributed by atoms with van der Waals surface area (Å²) in [4.78, 5) is 31.9. The summed E-state index contributed by atoms with van der Waals surface area (Å²) in [6.45, 7) is 0.960. The predicted octanol–water partition coefficient (Wildman–Crippen LogP) is 6.33. The highest BCUT2D eigenvalue weighted by molar-refractivity contribution is 7.14. The van der Waals surface area contributed by atoms with Crippen LogP contribution in [0.25, 0.3) is 22.0 Å². The van der Waals surface area contributed by atoms with Gasteiger partial charge in [0.05, 0.1) is 5.69 Å². The van der Waals surface area contributed by atoms with Gasteiger partial charge in [0, 0.05) is 36.6 Å². The number of amides is 1. The van der Waals surface area contributed by atoms with E-state index in [-0.39, 0.29) is 12.5 Å². The van der Waals surface area contributed by atoms with Crippen LogP contribution in [0.2, 0.25) is 0 Å². The zero-order valence-corrected chi connectivity index (χ0v) is 21.8. The Morgan fingerprint density at radius 2 is 1.47 bits per heavy atom. The second kappa shape index (κ2) is 11.3. The number of hydrogen-bond acceptors (Lipinski definition) is 5. The normalized spacial score (nSPS) is 10.9. The van der Waals surface area contributed by atoms with Crippen molar-refractivity contribution >= 4 is 39.1 Å². The van der Waals surface area contributed by atoms with Gasteiger partial charge in [0.25, 0.3) is 5.91 Å². The summed E-state index contributed by atoms with van der Waals surface area (Å²) in [5.74, 6) is -1.36. The van der Waals surface area contributed by atoms with E-state index in [0.29, 0.717) is 18.7 Å². The highest BCUT2D eigenvalue weighted by Crippen LogP contribution is 2.31. The molecule has 0 bridgehead atoms. The van der Waals surface area contributed by atoms with Gasteiger partial charge in [0.15, 0.2) is 5.13 Å². The summed E-state index contributed by atoms with van der Waals surface area (Å²) in [6.07, 6.45) is 0. The topological polar surface area (TPSA) is 73.7 Å². The molecule has 0 atom stereocenters. The zero-order valence-electron chi connectivity index (χ0n) is 20.9. The Balaban J connectivity index is 1.39. The van der Waals surface area contributed by atoms with Gasteiger partial charge in [-0.15, -0.1) is 11.3 Å². The Morgan fingerprint density at radius 3 is 2.18 bits per heavy atom. The summed E-state index contributed by atoms with van der Waals surface area (Å²) in [6, 6.07) is 32.3. The molecule has 1 N–H and O–H groups in total. The first-order chi connectivity index (χ1) is 18.5. The lowest BCUT2D eigenvalue weighted by atomic mass is 10.1. The van der Waals surface area contributed by atoms with Gasteiger partial charge in [-0.1, -0.05) is 78.9 Å². The number of aliphatic carboxylic acids is 1. The Kier molecular flexibility index (Phi) is 7.47. The van der Waals surface area contributed by atoms with Crippen molar-refractivity contribution in [2.24, 2.45) is 0 Å². The highest BCUT2D eigenvalue weighted by atomic mass is 32.1. The number of thiazole rings is 1. The summed E-state index contributed by atoms with van der Waals surface area (Å²) in [5, 5.41) is 14.4. The van der Waals surface area contributed by atoms with Crippen molar-refractivity contribution in [3.63, 3.8) is 0 Å². The number of carboxylic acid groups (broad SMARTS) is 1. The number of likely N-dealkylation sites (N-methyl/N-ethyl adjacent to an activating group) is 1. The van der Waals surface area contributed by atoms with Crippen molar-refractivity contribution in [3.05, 3.63) is 119 Å². The van der Waals surface area contributed by atoms with Crippen LogP contribution in [0.5, 0.6) is 0 Å². The second-order valence-corrected chi connectivity index (χ2v) is 10.0. The van der Waals surface area contributed by atoms with Gasteiger partial charge < -0.3 is 14.9 Å². The van der Waals surface area contributed by atoms with E-state index in [2.05, 4.69) is 52.7 Å². The molecular weight excluding hydrogens is 494 g/mol. The number of carbonyl (C=O) groups is 2. The molecule has 0 aliphatic rings. The van der Waals surface area contributed by atoms with Gasteiger partial charge in [0.2, 0.25) is 0 Å². The molecule has 0 aliphatic heterocycles. The Bertz CT molecular complexity index is 1560. The van der Waals surface area contributed by atoms with Crippen molar-refractivity contribution < 1.29 is 14.7 Å². The first kappa shape index (κ1) is 25.2. The molecule has 0 unspecified atom stereocenters. The van der Waals surface area contributed by atoms with Crippen LogP contribution in [0.3, 0.4) is 0 Å². The van der Waals surface area contributed by atoms with Crippen LogP contribution < -0.4 is 4.90 Å². The average molecular weight is 522 g/mol. The maximum absolute atomic E-state index is 12.5. The van der Waals surface area contributed by atoms with Crippen molar-refractivity contribution in [2.75, 3.05) is 18.5 Å². The molecule has 5 rings (SSSR count). The van der Waals surface area contributed by atoms with E-state index in [9.17, 15) is 9.59 Å². The number of nitrogens with zero attached hydrogens (tertiary/aromatic N) is 3. The molecule has 1 heterocycles. The van der Waals surface area contributed by atoms with E-state index >= 15 is 0 Å². The fourth-order valence-corrected chi connectivity index (χ4v) is 5.19. The first-order valence-electron chi connectivity index (χ1n) is 12.3. The molecule has 4 aromatic carbocycles. The lowest BCUT2D eigenvalue weighted by molar-refractivity contribution is -0.137. The van der Waals surface area contributed by atoms with Gasteiger partial charge in [-0.2, -0.15) is 0 Å². The molecule has 1 aromatic heterocycles. The zero-order chi connectivity index (χ0) is 26.5. The van der Waals surface area contributed by atoms with Gasteiger partial charge in [-0.25, -0.2) is 4.98 Å². The fourth-order valence-electron chi connectivity index (χ4n) is 4.35. The van der Waals surface area contributed by atoms with E-state index in [4.69, 9.17) is 10.1 Å². The van der Waals surface area contributed by atoms with Crippen LogP contribution >= 0.6 is 11.3 Å². The molecule has 0 aliphatic carbocycles. The third kappa shape index (κ3) is 5.90. The number of carbonyl (C=O) groups excluding carboxylic acids is 1. The van der Waals surface area contributed by atoms with Crippen molar-refractivity contribution in [1.82, 2.24) is 9.88 Å². The monoisotopic (exact) mass is 521 g/mol. The lowest BCUT2D eigenvalue weighted by Gasteiger charge is -2.22.